The largest absolute Gasteiger partial charge is 0.486 e. The monoisotopic (exact) mass is 510 g/mol. The van der Waals surface area contributed by atoms with Gasteiger partial charge in [-0.05, 0) is 73.5 Å². The van der Waals surface area contributed by atoms with E-state index in [2.05, 4.69) is 10.2 Å². The molecule has 3 aromatic rings. The van der Waals surface area contributed by atoms with Gasteiger partial charge in [-0.3, -0.25) is 9.59 Å². The zero-order valence-electron chi connectivity index (χ0n) is 19.6. The van der Waals surface area contributed by atoms with Crippen LogP contribution in [-0.4, -0.2) is 60.6 Å². The minimum atomic E-state index is -1.05. The fraction of sp³-hybridized carbons (Fsp3) is 0.333. The van der Waals surface area contributed by atoms with Crippen LogP contribution in [0.2, 0.25) is 0 Å². The molecule has 3 heterocycles. The molecule has 0 bridgehead atoms. The Morgan fingerprint density at radius 1 is 1.00 bits per heavy atom. The number of ether oxygens (including phenoxy) is 2. The second-order valence-electron chi connectivity index (χ2n) is 8.94. The van der Waals surface area contributed by atoms with Crippen LogP contribution in [0.15, 0.2) is 54.6 Å². The van der Waals surface area contributed by atoms with Crippen molar-refractivity contribution in [1.29, 1.82) is 0 Å². The van der Waals surface area contributed by atoms with Crippen molar-refractivity contribution in [3.05, 3.63) is 70.9 Å². The highest BCUT2D eigenvalue weighted by Crippen LogP contribution is 2.34. The number of benzene rings is 2. The van der Waals surface area contributed by atoms with Gasteiger partial charge in [0, 0.05) is 11.4 Å². The molecule has 0 spiro atoms. The van der Waals surface area contributed by atoms with E-state index in [4.69, 9.17) is 9.47 Å². The third kappa shape index (κ3) is 5.43. The average molecular weight is 511 g/mol. The number of thiophene rings is 1. The van der Waals surface area contributed by atoms with Crippen LogP contribution < -0.4 is 14.8 Å². The summed E-state index contributed by atoms with van der Waals surface area (Å²) in [5.74, 6) is -0.627. The van der Waals surface area contributed by atoms with Gasteiger partial charge in [0.2, 0.25) is 0 Å². The van der Waals surface area contributed by atoms with Crippen LogP contribution in [0, 0.1) is 5.82 Å². The summed E-state index contributed by atoms with van der Waals surface area (Å²) in [4.78, 5) is 29.2. The lowest BCUT2D eigenvalue weighted by molar-refractivity contribution is -0.118. The number of ketones is 1. The molecule has 1 fully saturated rings. The maximum absolute atomic E-state index is 13.2. The lowest BCUT2D eigenvalue weighted by Gasteiger charge is -2.29. The highest BCUT2D eigenvalue weighted by molar-refractivity contribution is 7.18. The Morgan fingerprint density at radius 3 is 2.47 bits per heavy atom. The molecule has 2 aliphatic heterocycles. The van der Waals surface area contributed by atoms with Crippen LogP contribution in [0.4, 0.5) is 4.39 Å². The molecule has 1 aromatic heterocycles. The number of Topliss-reactive ketones (excluding diaryl/α,β-unsaturated/α-hetero) is 1. The summed E-state index contributed by atoms with van der Waals surface area (Å²) in [7, 11) is 0. The van der Waals surface area contributed by atoms with Crippen molar-refractivity contribution in [3.63, 3.8) is 0 Å². The number of nitrogens with zero attached hydrogens (tertiary/aromatic N) is 1. The van der Waals surface area contributed by atoms with Gasteiger partial charge < -0.3 is 24.8 Å². The molecule has 9 heteroatoms. The number of hydrogen-bond donors (Lipinski definition) is 2. The van der Waals surface area contributed by atoms with Gasteiger partial charge in [-0.25, -0.2) is 4.39 Å². The second kappa shape index (κ2) is 10.8. The molecule has 7 nitrogen and oxygen atoms in total. The van der Waals surface area contributed by atoms with Gasteiger partial charge in [0.25, 0.3) is 11.7 Å². The molecule has 0 saturated carbocycles. The fourth-order valence-corrected chi connectivity index (χ4v) is 5.47. The summed E-state index contributed by atoms with van der Waals surface area (Å²) < 4.78 is 24.4. The number of carbonyl (C=O) groups excluding carboxylic acids is 2. The van der Waals surface area contributed by atoms with Crippen molar-refractivity contribution in [3.8, 4) is 21.9 Å². The van der Waals surface area contributed by atoms with Crippen LogP contribution in [0.5, 0.6) is 11.5 Å². The van der Waals surface area contributed by atoms with Gasteiger partial charge in [0.15, 0.2) is 11.5 Å². The van der Waals surface area contributed by atoms with E-state index in [1.807, 2.05) is 0 Å². The Bertz CT molecular complexity index is 1240. The quantitative estimate of drug-likeness (QED) is 0.354. The number of likely N-dealkylation sites (tertiary alicyclic amines) is 1. The number of fused-ring (bicyclic) bond motifs is 1. The minimum absolute atomic E-state index is 0.278. The third-order valence-electron chi connectivity index (χ3n) is 6.42. The molecule has 2 unspecified atom stereocenters. The Labute approximate surface area is 212 Å². The van der Waals surface area contributed by atoms with Crippen molar-refractivity contribution in [1.82, 2.24) is 10.2 Å². The van der Waals surface area contributed by atoms with Crippen LogP contribution in [0.25, 0.3) is 10.4 Å². The molecule has 2 N–H and O–H groups in total. The lowest BCUT2D eigenvalue weighted by Crippen LogP contribution is -2.48. The number of hydrogen-bond acceptors (Lipinski definition) is 7. The van der Waals surface area contributed by atoms with Crippen molar-refractivity contribution < 1.29 is 28.6 Å². The van der Waals surface area contributed by atoms with Crippen LogP contribution in [0.3, 0.4) is 0 Å². The Kier molecular flexibility index (Phi) is 7.31. The molecule has 0 aliphatic carbocycles. The van der Waals surface area contributed by atoms with Gasteiger partial charge in [-0.2, -0.15) is 0 Å². The SMILES string of the molecule is O=C(NC(CN1CCCC1)C(O)c1ccc2c(c1)OCCO2)C(=O)c1ccc(-c2ccc(F)cc2)s1. The Morgan fingerprint density at radius 2 is 1.72 bits per heavy atom. The molecule has 1 amide bonds. The first-order valence-corrected chi connectivity index (χ1v) is 12.8. The first-order valence-electron chi connectivity index (χ1n) is 12.0. The first-order chi connectivity index (χ1) is 17.5. The summed E-state index contributed by atoms with van der Waals surface area (Å²) >= 11 is 1.17. The molecule has 0 radical (unpaired) electrons. The predicted octanol–water partition coefficient (Wildman–Crippen LogP) is 3.82. The Hall–Kier alpha value is -3.27. The van der Waals surface area contributed by atoms with E-state index in [-0.39, 0.29) is 10.7 Å². The highest BCUT2D eigenvalue weighted by atomic mass is 32.1. The standard InChI is InChI=1S/C27H27FN2O5S/c28-19-6-3-17(4-7-19)23-9-10-24(36-23)26(32)27(33)29-20(16-30-11-1-2-12-30)25(31)18-5-8-21-22(15-18)35-14-13-34-21/h3-10,15,20,25,31H,1-2,11-14,16H2,(H,29,33). The normalized spacial score (nSPS) is 16.9. The topological polar surface area (TPSA) is 88.1 Å². The Balaban J connectivity index is 1.32. The summed E-state index contributed by atoms with van der Waals surface area (Å²) in [6, 6.07) is 13.8. The minimum Gasteiger partial charge on any atom is -0.486 e. The van der Waals surface area contributed by atoms with Crippen molar-refractivity contribution >= 4 is 23.0 Å². The van der Waals surface area contributed by atoms with E-state index in [0.29, 0.717) is 36.8 Å². The third-order valence-corrected chi connectivity index (χ3v) is 7.56. The van der Waals surface area contributed by atoms with Gasteiger partial charge in [-0.15, -0.1) is 11.3 Å². The van der Waals surface area contributed by atoms with Gasteiger partial charge in [0.05, 0.1) is 10.9 Å². The second-order valence-corrected chi connectivity index (χ2v) is 10.0. The molecular weight excluding hydrogens is 483 g/mol. The molecule has 36 heavy (non-hydrogen) atoms. The molecule has 2 aliphatic rings. The van der Waals surface area contributed by atoms with E-state index < -0.39 is 23.8 Å². The summed E-state index contributed by atoms with van der Waals surface area (Å²) in [5.41, 5.74) is 1.34. The van der Waals surface area contributed by atoms with E-state index in [1.54, 1.807) is 42.5 Å². The zero-order valence-corrected chi connectivity index (χ0v) is 20.4. The maximum Gasteiger partial charge on any atom is 0.293 e. The highest BCUT2D eigenvalue weighted by Gasteiger charge is 2.30. The summed E-state index contributed by atoms with van der Waals surface area (Å²) in [6.07, 6.45) is 1.07. The van der Waals surface area contributed by atoms with E-state index in [9.17, 15) is 19.1 Å². The zero-order chi connectivity index (χ0) is 25.1. The lowest BCUT2D eigenvalue weighted by atomic mass is 10.0. The first kappa shape index (κ1) is 24.4. The van der Waals surface area contributed by atoms with Crippen molar-refractivity contribution in [2.75, 3.05) is 32.8 Å². The molecule has 188 valence electrons. The van der Waals surface area contributed by atoms with Crippen molar-refractivity contribution in [2.45, 2.75) is 25.0 Å². The van der Waals surface area contributed by atoms with Gasteiger partial charge in [-0.1, -0.05) is 18.2 Å². The maximum atomic E-state index is 13.2. The van der Waals surface area contributed by atoms with Crippen LogP contribution in [0.1, 0.15) is 34.2 Å². The van der Waals surface area contributed by atoms with Crippen LogP contribution >= 0.6 is 11.3 Å². The molecule has 1 saturated heterocycles. The molecule has 5 rings (SSSR count). The average Bonchev–Trinajstić information content (AvgIpc) is 3.60. The van der Waals surface area contributed by atoms with Gasteiger partial charge in [0.1, 0.15) is 25.1 Å². The number of aliphatic hydroxyl groups is 1. The predicted molar refractivity (Wildman–Crippen MR) is 134 cm³/mol. The van der Waals surface area contributed by atoms with E-state index in [1.165, 1.54) is 23.5 Å². The molecule has 2 aromatic carbocycles. The smallest absolute Gasteiger partial charge is 0.293 e. The molecule has 2 atom stereocenters. The van der Waals surface area contributed by atoms with Crippen molar-refractivity contribution in [2.24, 2.45) is 0 Å². The summed E-state index contributed by atoms with van der Waals surface area (Å²) in [6.45, 7) is 3.06. The number of amides is 1. The molecular formula is C27H27FN2O5S. The number of nitrogens with one attached hydrogen (secondary N) is 1. The number of rotatable bonds is 8. The van der Waals surface area contributed by atoms with Crippen LogP contribution in [-0.2, 0) is 4.79 Å². The fourth-order valence-electron chi connectivity index (χ4n) is 4.52. The van der Waals surface area contributed by atoms with E-state index in [0.717, 1.165) is 36.4 Å². The van der Waals surface area contributed by atoms with E-state index >= 15 is 0 Å². The number of halogens is 1. The number of aliphatic hydroxyl groups excluding tert-OH is 1. The summed E-state index contributed by atoms with van der Waals surface area (Å²) in [5, 5.41) is 14.0. The van der Waals surface area contributed by atoms with Gasteiger partial charge >= 0.3 is 0 Å². The number of carbonyl (C=O) groups is 2.